The molecule has 1 aromatic rings. The number of hydrogen-bond donors (Lipinski definition) is 0. The van der Waals surface area contributed by atoms with Crippen LogP contribution in [0.3, 0.4) is 0 Å². The lowest BCUT2D eigenvalue weighted by molar-refractivity contribution is 1.02. The Morgan fingerprint density at radius 1 is 0.857 bits per heavy atom. The highest BCUT2D eigenvalue weighted by molar-refractivity contribution is 5.32. The van der Waals surface area contributed by atoms with Gasteiger partial charge in [-0.1, -0.05) is 39.0 Å². The minimum atomic E-state index is 1.15. The van der Waals surface area contributed by atoms with Gasteiger partial charge in [0.1, 0.15) is 0 Å². The Morgan fingerprint density at radius 3 is 1.86 bits per heavy atom. The van der Waals surface area contributed by atoms with Gasteiger partial charge in [-0.15, -0.1) is 13.2 Å². The molecule has 0 radical (unpaired) electrons. The van der Waals surface area contributed by atoms with Gasteiger partial charge < -0.3 is 0 Å². The first kappa shape index (κ1) is 13.0. The first-order valence-electron chi connectivity index (χ1n) is 5.42. The van der Waals surface area contributed by atoms with E-state index in [0.717, 1.165) is 19.3 Å². The predicted octanol–water partition coefficient (Wildman–Crippen LogP) is 4.18. The van der Waals surface area contributed by atoms with Crippen molar-refractivity contribution in [1.29, 1.82) is 0 Å². The molecule has 0 atom stereocenters. The van der Waals surface area contributed by atoms with Crippen LogP contribution in [-0.2, 0) is 19.3 Å². The van der Waals surface area contributed by atoms with E-state index in [-0.39, 0.29) is 0 Å². The van der Waals surface area contributed by atoms with Crippen molar-refractivity contribution >= 4 is 0 Å². The summed E-state index contributed by atoms with van der Waals surface area (Å²) in [4.78, 5) is 0. The second-order valence-electron chi connectivity index (χ2n) is 3.16. The summed E-state index contributed by atoms with van der Waals surface area (Å²) in [6.45, 7) is 12.7. The van der Waals surface area contributed by atoms with Gasteiger partial charge in [0.2, 0.25) is 0 Å². The predicted molar refractivity (Wildman–Crippen MR) is 65.8 cm³/mol. The summed E-state index contributed by atoms with van der Waals surface area (Å²) < 4.78 is 0. The van der Waals surface area contributed by atoms with Gasteiger partial charge in [-0.05, 0) is 36.0 Å². The van der Waals surface area contributed by atoms with Crippen molar-refractivity contribution in [2.24, 2.45) is 0 Å². The molecule has 0 spiro atoms. The van der Waals surface area contributed by atoms with E-state index in [9.17, 15) is 0 Å². The number of benzene rings is 1. The third-order valence-electron chi connectivity index (χ3n) is 2.44. The Balaban J connectivity index is 0.000000791. The lowest BCUT2D eigenvalue weighted by atomic mass is 9.99. The van der Waals surface area contributed by atoms with E-state index in [1.54, 1.807) is 0 Å². The Bertz CT molecular complexity index is 261. The molecule has 0 bridgehead atoms. The molecule has 0 saturated heterocycles. The largest absolute Gasteiger partial charge is 0.106 e. The molecule has 0 aliphatic carbocycles. The zero-order chi connectivity index (χ0) is 11.0. The molecule has 0 amide bonds. The maximum atomic E-state index is 3.00. The molecule has 0 unspecified atom stereocenters. The van der Waals surface area contributed by atoms with E-state index in [1.807, 2.05) is 0 Å². The van der Waals surface area contributed by atoms with Crippen LogP contribution in [-0.4, -0.2) is 0 Å². The second kappa shape index (κ2) is 7.37. The molecule has 0 saturated carbocycles. The van der Waals surface area contributed by atoms with Crippen LogP contribution in [0.5, 0.6) is 0 Å². The lowest BCUT2D eigenvalue weighted by Gasteiger charge is -2.07. The van der Waals surface area contributed by atoms with Crippen molar-refractivity contribution in [3.63, 3.8) is 0 Å². The van der Waals surface area contributed by atoms with Crippen molar-refractivity contribution in [3.05, 3.63) is 48.0 Å². The molecule has 0 aliphatic rings. The number of aryl methyl sites for hydroxylation is 3. The monoisotopic (exact) mass is 190 g/mol. The van der Waals surface area contributed by atoms with Crippen molar-refractivity contribution in [2.45, 2.75) is 40.0 Å². The Kier molecular flexibility index (Phi) is 6.82. The van der Waals surface area contributed by atoms with Crippen molar-refractivity contribution < 1.29 is 0 Å². The highest BCUT2D eigenvalue weighted by atomic mass is 14.0. The summed E-state index contributed by atoms with van der Waals surface area (Å²) in [7, 11) is 0. The van der Waals surface area contributed by atoms with Crippen molar-refractivity contribution in [2.75, 3.05) is 0 Å². The van der Waals surface area contributed by atoms with Gasteiger partial charge >= 0.3 is 0 Å². The minimum absolute atomic E-state index is 1.15. The summed E-state index contributed by atoms with van der Waals surface area (Å²) in [5, 5.41) is 0. The molecular weight excluding hydrogens is 168 g/mol. The fourth-order valence-electron chi connectivity index (χ4n) is 1.57. The first-order valence-corrected chi connectivity index (χ1v) is 5.42. The highest BCUT2D eigenvalue weighted by Crippen LogP contribution is 2.13. The minimum Gasteiger partial charge on any atom is -0.106 e. The molecular formula is C14H22. The van der Waals surface area contributed by atoms with Crippen molar-refractivity contribution in [3.8, 4) is 0 Å². The molecule has 1 rings (SSSR count). The normalized spacial score (nSPS) is 9.07. The average Bonchev–Trinajstić information content (AvgIpc) is 2.30. The first-order chi connectivity index (χ1) is 6.81. The van der Waals surface area contributed by atoms with E-state index in [2.05, 4.69) is 52.1 Å². The lowest BCUT2D eigenvalue weighted by Crippen LogP contribution is -1.92. The smallest absolute Gasteiger partial charge is 0.0305 e. The molecule has 0 heterocycles. The Morgan fingerprint density at radius 2 is 1.43 bits per heavy atom. The fourth-order valence-corrected chi connectivity index (χ4v) is 1.57. The maximum Gasteiger partial charge on any atom is -0.0305 e. The van der Waals surface area contributed by atoms with E-state index >= 15 is 0 Å². The van der Waals surface area contributed by atoms with Crippen LogP contribution in [0.2, 0.25) is 0 Å². The van der Waals surface area contributed by atoms with Crippen LogP contribution in [0.4, 0.5) is 0 Å². The molecule has 0 aliphatic heterocycles. The average molecular weight is 190 g/mol. The molecule has 0 N–H and O–H groups in total. The van der Waals surface area contributed by atoms with E-state index in [4.69, 9.17) is 0 Å². The number of rotatable bonds is 3. The molecule has 0 fully saturated rings. The molecule has 1 aromatic carbocycles. The molecule has 78 valence electrons. The summed E-state index contributed by atoms with van der Waals surface area (Å²) >= 11 is 0. The van der Waals surface area contributed by atoms with E-state index in [0.29, 0.717) is 0 Å². The SMILES string of the molecule is C=C.CCc1ccc(CC)c(CC)c1. The van der Waals surface area contributed by atoms with Crippen LogP contribution in [0.15, 0.2) is 31.4 Å². The van der Waals surface area contributed by atoms with Gasteiger partial charge in [-0.2, -0.15) is 0 Å². The summed E-state index contributed by atoms with van der Waals surface area (Å²) in [5.41, 5.74) is 4.50. The molecule has 14 heavy (non-hydrogen) atoms. The zero-order valence-corrected chi connectivity index (χ0v) is 9.77. The third-order valence-corrected chi connectivity index (χ3v) is 2.44. The van der Waals surface area contributed by atoms with Crippen LogP contribution < -0.4 is 0 Å². The molecule has 0 heteroatoms. The Hall–Kier alpha value is -1.04. The van der Waals surface area contributed by atoms with Crippen LogP contribution in [0.1, 0.15) is 37.5 Å². The maximum absolute atomic E-state index is 3.00. The van der Waals surface area contributed by atoms with Gasteiger partial charge in [-0.25, -0.2) is 0 Å². The quantitative estimate of drug-likeness (QED) is 0.627. The fraction of sp³-hybridized carbons (Fsp3) is 0.429. The summed E-state index contributed by atoms with van der Waals surface area (Å²) in [6, 6.07) is 6.87. The topological polar surface area (TPSA) is 0 Å². The van der Waals surface area contributed by atoms with Crippen molar-refractivity contribution in [1.82, 2.24) is 0 Å². The third kappa shape index (κ3) is 3.37. The van der Waals surface area contributed by atoms with Gasteiger partial charge in [0.05, 0.1) is 0 Å². The van der Waals surface area contributed by atoms with Gasteiger partial charge in [0.15, 0.2) is 0 Å². The van der Waals surface area contributed by atoms with E-state index in [1.165, 1.54) is 16.7 Å². The highest BCUT2D eigenvalue weighted by Gasteiger charge is 1.98. The van der Waals surface area contributed by atoms with Crippen LogP contribution in [0, 0.1) is 0 Å². The van der Waals surface area contributed by atoms with Gasteiger partial charge in [-0.3, -0.25) is 0 Å². The zero-order valence-electron chi connectivity index (χ0n) is 9.77. The summed E-state index contributed by atoms with van der Waals surface area (Å²) in [5.74, 6) is 0. The van der Waals surface area contributed by atoms with Gasteiger partial charge in [0, 0.05) is 0 Å². The summed E-state index contributed by atoms with van der Waals surface area (Å²) in [6.07, 6.45) is 3.47. The Labute approximate surface area is 88.7 Å². The second-order valence-corrected chi connectivity index (χ2v) is 3.16. The van der Waals surface area contributed by atoms with Crippen LogP contribution in [0.25, 0.3) is 0 Å². The number of hydrogen-bond acceptors (Lipinski definition) is 0. The molecule has 0 nitrogen and oxygen atoms in total. The standard InChI is InChI=1S/C12H18.C2H4/c1-4-10-7-8-11(5-2)12(6-3)9-10;1-2/h7-9H,4-6H2,1-3H3;1-2H2. The molecule has 0 aromatic heterocycles. The van der Waals surface area contributed by atoms with Gasteiger partial charge in [0.25, 0.3) is 0 Å². The van der Waals surface area contributed by atoms with E-state index < -0.39 is 0 Å². The van der Waals surface area contributed by atoms with Crippen LogP contribution >= 0.6 is 0 Å².